The number of nitrogens with one attached hydrogen (secondary N) is 1. The highest BCUT2D eigenvalue weighted by molar-refractivity contribution is 5.76. The van der Waals surface area contributed by atoms with Crippen molar-refractivity contribution in [3.05, 3.63) is 12.3 Å². The van der Waals surface area contributed by atoms with E-state index in [2.05, 4.69) is 10.3 Å². The van der Waals surface area contributed by atoms with Crippen LogP contribution < -0.4 is 16.8 Å². The first kappa shape index (κ1) is 16.6. The molecule has 1 fully saturated rings. The van der Waals surface area contributed by atoms with Crippen LogP contribution in [0.25, 0.3) is 0 Å². The minimum Gasteiger partial charge on any atom is -0.493 e. The van der Waals surface area contributed by atoms with Gasteiger partial charge in [0.15, 0.2) is 5.96 Å². The summed E-state index contributed by atoms with van der Waals surface area (Å²) in [5.74, 6) is -0.669. The Morgan fingerprint density at radius 2 is 2.18 bits per heavy atom. The molecule has 1 amide bonds. The van der Waals surface area contributed by atoms with Crippen molar-refractivity contribution in [2.45, 2.75) is 56.6 Å². The average Bonchev–Trinajstić information content (AvgIpc) is 2.85. The number of nitrogens with two attached hydrogens (primary N) is 2. The van der Waals surface area contributed by atoms with Gasteiger partial charge in [0.25, 0.3) is 0 Å². The number of amides is 1. The maximum Gasteiger partial charge on any atom is 0.217 e. The van der Waals surface area contributed by atoms with Crippen LogP contribution in [0.1, 0.15) is 26.2 Å². The van der Waals surface area contributed by atoms with Crippen LogP contribution in [0.4, 0.5) is 0 Å². The molecule has 6 atom stereocenters. The number of aliphatic hydroxyl groups excluding tert-OH is 2. The molecule has 0 saturated heterocycles. The normalized spacial score (nSPS) is 35.5. The molecule has 2 aliphatic rings. The van der Waals surface area contributed by atoms with E-state index < -0.39 is 30.4 Å². The molecule has 0 aromatic heterocycles. The van der Waals surface area contributed by atoms with E-state index in [9.17, 15) is 15.0 Å². The smallest absolute Gasteiger partial charge is 0.217 e. The van der Waals surface area contributed by atoms with Crippen molar-refractivity contribution in [2.75, 3.05) is 0 Å². The number of nitrogens with zero attached hydrogens (tertiary/aromatic N) is 1. The minimum absolute atomic E-state index is 0.110. The lowest BCUT2D eigenvalue weighted by Crippen LogP contribution is -2.58. The van der Waals surface area contributed by atoms with Gasteiger partial charge in [0.2, 0.25) is 5.91 Å². The van der Waals surface area contributed by atoms with Gasteiger partial charge < -0.3 is 31.7 Å². The number of hydrogen-bond acceptors (Lipinski definition) is 5. The third-order valence-corrected chi connectivity index (χ3v) is 4.21. The number of rotatable bonds is 4. The molecule has 1 heterocycles. The standard InChI is InChI=1S/C14H24N4O4/c1-7(19)17-11-9(18-14(15)16)5-6-22-13(11)12(21)8-3-2-4-10(8)20/h5-6,8-13,20-21H,2-4H2,1H3,(H,17,19)(H4,15,16,18)/t8?,9-,10?,11+,12?,13?/m0/s1. The maximum absolute atomic E-state index is 11.5. The second kappa shape index (κ2) is 6.97. The van der Waals surface area contributed by atoms with Crippen molar-refractivity contribution in [3.8, 4) is 0 Å². The highest BCUT2D eigenvalue weighted by atomic mass is 16.5. The monoisotopic (exact) mass is 312 g/mol. The third-order valence-electron chi connectivity index (χ3n) is 4.21. The van der Waals surface area contributed by atoms with Gasteiger partial charge >= 0.3 is 0 Å². The van der Waals surface area contributed by atoms with Crippen molar-refractivity contribution < 1.29 is 19.7 Å². The molecule has 124 valence electrons. The summed E-state index contributed by atoms with van der Waals surface area (Å²) in [6.07, 6.45) is 3.06. The van der Waals surface area contributed by atoms with E-state index in [0.29, 0.717) is 12.8 Å². The number of aliphatic hydroxyl groups is 2. The van der Waals surface area contributed by atoms with Crippen LogP contribution in [0, 0.1) is 5.92 Å². The quantitative estimate of drug-likeness (QED) is 0.318. The SMILES string of the molecule is CC(=O)N[C@H]1C(C(O)C2CCCC2O)OC=C[C@@H]1N=C(N)N. The van der Waals surface area contributed by atoms with E-state index in [1.54, 1.807) is 6.08 Å². The van der Waals surface area contributed by atoms with E-state index in [0.717, 1.165) is 6.42 Å². The zero-order chi connectivity index (χ0) is 16.3. The first-order valence-corrected chi connectivity index (χ1v) is 7.44. The topological polar surface area (TPSA) is 143 Å². The molecule has 8 heteroatoms. The summed E-state index contributed by atoms with van der Waals surface area (Å²) in [5.41, 5.74) is 10.8. The summed E-state index contributed by atoms with van der Waals surface area (Å²) >= 11 is 0. The maximum atomic E-state index is 11.5. The molecule has 0 aromatic carbocycles. The van der Waals surface area contributed by atoms with Gasteiger partial charge in [-0.3, -0.25) is 4.79 Å². The third kappa shape index (κ3) is 3.69. The van der Waals surface area contributed by atoms with Gasteiger partial charge in [-0.15, -0.1) is 0 Å². The molecule has 22 heavy (non-hydrogen) atoms. The number of guanidine groups is 1. The molecule has 0 aromatic rings. The molecule has 8 nitrogen and oxygen atoms in total. The van der Waals surface area contributed by atoms with E-state index in [1.165, 1.54) is 13.2 Å². The average molecular weight is 312 g/mol. The molecule has 1 aliphatic carbocycles. The largest absolute Gasteiger partial charge is 0.493 e. The lowest BCUT2D eigenvalue weighted by Gasteiger charge is -2.38. The van der Waals surface area contributed by atoms with Gasteiger partial charge in [0.1, 0.15) is 6.10 Å². The van der Waals surface area contributed by atoms with Gasteiger partial charge in [-0.2, -0.15) is 0 Å². The lowest BCUT2D eigenvalue weighted by molar-refractivity contribution is -0.123. The molecular formula is C14H24N4O4. The summed E-state index contributed by atoms with van der Waals surface area (Å²) in [4.78, 5) is 15.5. The highest BCUT2D eigenvalue weighted by Crippen LogP contribution is 2.32. The van der Waals surface area contributed by atoms with Gasteiger partial charge in [0, 0.05) is 12.8 Å². The van der Waals surface area contributed by atoms with Gasteiger partial charge in [0.05, 0.1) is 30.6 Å². The summed E-state index contributed by atoms with van der Waals surface area (Å²) in [6.45, 7) is 1.37. The van der Waals surface area contributed by atoms with Crippen molar-refractivity contribution in [2.24, 2.45) is 22.4 Å². The highest BCUT2D eigenvalue weighted by Gasteiger charge is 2.43. The number of hydrogen-bond donors (Lipinski definition) is 5. The Morgan fingerprint density at radius 3 is 2.73 bits per heavy atom. The van der Waals surface area contributed by atoms with Crippen LogP contribution in [0.3, 0.4) is 0 Å². The van der Waals surface area contributed by atoms with Crippen LogP contribution in [-0.4, -0.2) is 52.5 Å². The zero-order valence-electron chi connectivity index (χ0n) is 12.6. The molecule has 7 N–H and O–H groups in total. The predicted octanol–water partition coefficient (Wildman–Crippen LogP) is -1.43. The molecular weight excluding hydrogens is 288 g/mol. The number of ether oxygens (including phenoxy) is 1. The minimum atomic E-state index is -0.920. The summed E-state index contributed by atoms with van der Waals surface area (Å²) in [5, 5.41) is 23.3. The second-order valence-electron chi connectivity index (χ2n) is 5.85. The van der Waals surface area contributed by atoms with Crippen molar-refractivity contribution >= 4 is 11.9 Å². The first-order chi connectivity index (χ1) is 10.4. The molecule has 2 rings (SSSR count). The number of carbonyl (C=O) groups excluding carboxylic acids is 1. The Labute approximate surface area is 129 Å². The van der Waals surface area contributed by atoms with Crippen LogP contribution >= 0.6 is 0 Å². The Bertz CT molecular complexity index is 464. The van der Waals surface area contributed by atoms with Crippen molar-refractivity contribution in [1.29, 1.82) is 0 Å². The molecule has 0 spiro atoms. The van der Waals surface area contributed by atoms with Gasteiger partial charge in [-0.05, 0) is 18.9 Å². The Balaban J connectivity index is 2.21. The fourth-order valence-electron chi connectivity index (χ4n) is 3.22. The molecule has 0 bridgehead atoms. The molecule has 4 unspecified atom stereocenters. The first-order valence-electron chi connectivity index (χ1n) is 7.44. The summed E-state index contributed by atoms with van der Waals surface area (Å²) in [6, 6.07) is -1.13. The second-order valence-corrected chi connectivity index (χ2v) is 5.85. The van der Waals surface area contributed by atoms with E-state index in [4.69, 9.17) is 16.2 Å². The van der Waals surface area contributed by atoms with Crippen LogP contribution in [-0.2, 0) is 9.53 Å². The summed E-state index contributed by atoms with van der Waals surface area (Å²) < 4.78 is 5.52. The molecule has 0 radical (unpaired) electrons. The zero-order valence-corrected chi connectivity index (χ0v) is 12.6. The predicted molar refractivity (Wildman–Crippen MR) is 80.6 cm³/mol. The van der Waals surface area contributed by atoms with Crippen LogP contribution in [0.2, 0.25) is 0 Å². The van der Waals surface area contributed by atoms with E-state index in [-0.39, 0.29) is 17.8 Å². The molecule has 1 saturated carbocycles. The Morgan fingerprint density at radius 1 is 1.45 bits per heavy atom. The Kier molecular flexibility index (Phi) is 5.25. The van der Waals surface area contributed by atoms with E-state index in [1.807, 2.05) is 0 Å². The lowest BCUT2D eigenvalue weighted by atomic mass is 9.87. The number of aliphatic imine (C=N–C) groups is 1. The van der Waals surface area contributed by atoms with Crippen LogP contribution in [0.15, 0.2) is 17.3 Å². The van der Waals surface area contributed by atoms with E-state index >= 15 is 0 Å². The van der Waals surface area contributed by atoms with Crippen LogP contribution in [0.5, 0.6) is 0 Å². The fourth-order valence-corrected chi connectivity index (χ4v) is 3.22. The number of carbonyl (C=O) groups is 1. The van der Waals surface area contributed by atoms with Gasteiger partial charge in [-0.1, -0.05) is 6.42 Å². The molecule has 1 aliphatic heterocycles. The van der Waals surface area contributed by atoms with Crippen molar-refractivity contribution in [1.82, 2.24) is 5.32 Å². The fraction of sp³-hybridized carbons (Fsp3) is 0.714. The summed E-state index contributed by atoms with van der Waals surface area (Å²) in [7, 11) is 0. The van der Waals surface area contributed by atoms with Gasteiger partial charge in [-0.25, -0.2) is 4.99 Å². The van der Waals surface area contributed by atoms with Crippen molar-refractivity contribution in [3.63, 3.8) is 0 Å². The Hall–Kier alpha value is -1.80.